The SMILES string of the molecule is Cc1ccc(F)c(C(=O)Nc2ncc(Br)nc2Br)c1F. The summed E-state index contributed by atoms with van der Waals surface area (Å²) in [7, 11) is 0. The molecule has 2 aromatic rings. The standard InChI is InChI=1S/C12H7Br2F2N3O/c1-5-2-3-6(15)8(9(5)16)12(20)19-11-10(14)18-7(13)4-17-11/h2-4H,1H3,(H,17,19,20). The number of halogens is 4. The summed E-state index contributed by atoms with van der Waals surface area (Å²) >= 11 is 6.20. The molecule has 1 heterocycles. The molecule has 0 aliphatic carbocycles. The molecule has 0 aliphatic heterocycles. The number of hydrogen-bond donors (Lipinski definition) is 1. The van der Waals surface area contributed by atoms with Crippen LogP contribution in [0.3, 0.4) is 0 Å². The summed E-state index contributed by atoms with van der Waals surface area (Å²) < 4.78 is 28.1. The molecule has 0 spiro atoms. The number of aromatic nitrogens is 2. The Morgan fingerprint density at radius 2 is 2.00 bits per heavy atom. The van der Waals surface area contributed by atoms with Crippen LogP contribution in [0.15, 0.2) is 27.5 Å². The van der Waals surface area contributed by atoms with Crippen molar-refractivity contribution in [1.82, 2.24) is 9.97 Å². The van der Waals surface area contributed by atoms with Gasteiger partial charge in [0.05, 0.1) is 6.20 Å². The van der Waals surface area contributed by atoms with E-state index in [-0.39, 0.29) is 16.0 Å². The first kappa shape index (κ1) is 15.0. The lowest BCUT2D eigenvalue weighted by molar-refractivity contribution is 0.101. The number of nitrogens with zero attached hydrogens (tertiary/aromatic N) is 2. The van der Waals surface area contributed by atoms with E-state index < -0.39 is 23.1 Å². The van der Waals surface area contributed by atoms with Crippen LogP contribution in [-0.2, 0) is 0 Å². The fraction of sp³-hybridized carbons (Fsp3) is 0.0833. The summed E-state index contributed by atoms with van der Waals surface area (Å²) in [4.78, 5) is 19.8. The third-order valence-electron chi connectivity index (χ3n) is 2.44. The molecule has 4 nitrogen and oxygen atoms in total. The third-order valence-corrected chi connectivity index (χ3v) is 3.38. The molecule has 1 N–H and O–H groups in total. The van der Waals surface area contributed by atoms with Crippen LogP contribution in [0.2, 0.25) is 0 Å². The van der Waals surface area contributed by atoms with Crippen molar-refractivity contribution in [2.24, 2.45) is 0 Å². The van der Waals surface area contributed by atoms with Crippen LogP contribution in [0.5, 0.6) is 0 Å². The van der Waals surface area contributed by atoms with Crippen molar-refractivity contribution < 1.29 is 13.6 Å². The van der Waals surface area contributed by atoms with Crippen LogP contribution >= 0.6 is 31.9 Å². The summed E-state index contributed by atoms with van der Waals surface area (Å²) in [6.45, 7) is 1.45. The predicted octanol–water partition coefficient (Wildman–Crippen LogP) is 3.84. The van der Waals surface area contributed by atoms with E-state index in [4.69, 9.17) is 0 Å². The minimum atomic E-state index is -0.938. The van der Waals surface area contributed by atoms with E-state index in [0.717, 1.165) is 6.07 Å². The van der Waals surface area contributed by atoms with Gasteiger partial charge in [-0.25, -0.2) is 18.7 Å². The molecular weight excluding hydrogens is 400 g/mol. The number of amides is 1. The van der Waals surface area contributed by atoms with Gasteiger partial charge in [0, 0.05) is 0 Å². The van der Waals surface area contributed by atoms with Gasteiger partial charge in [0.15, 0.2) is 5.82 Å². The molecule has 1 aromatic heterocycles. The minimum Gasteiger partial charge on any atom is -0.304 e. The van der Waals surface area contributed by atoms with Gasteiger partial charge < -0.3 is 5.32 Å². The third kappa shape index (κ3) is 3.01. The highest BCUT2D eigenvalue weighted by molar-refractivity contribution is 9.11. The zero-order valence-electron chi connectivity index (χ0n) is 10.0. The smallest absolute Gasteiger partial charge is 0.262 e. The van der Waals surface area contributed by atoms with Crippen molar-refractivity contribution in [3.63, 3.8) is 0 Å². The molecule has 2 rings (SSSR count). The van der Waals surface area contributed by atoms with Crippen LogP contribution in [0.4, 0.5) is 14.6 Å². The Kier molecular flexibility index (Phi) is 4.44. The Hall–Kier alpha value is -1.41. The van der Waals surface area contributed by atoms with Crippen LogP contribution in [0.25, 0.3) is 0 Å². The molecule has 104 valence electrons. The Bertz CT molecular complexity index is 695. The Morgan fingerprint density at radius 1 is 1.30 bits per heavy atom. The molecule has 0 bridgehead atoms. The van der Waals surface area contributed by atoms with Gasteiger partial charge in [0.1, 0.15) is 26.4 Å². The number of benzene rings is 1. The summed E-state index contributed by atoms with van der Waals surface area (Å²) in [6, 6.07) is 2.30. The largest absolute Gasteiger partial charge is 0.304 e. The lowest BCUT2D eigenvalue weighted by Crippen LogP contribution is -2.18. The second kappa shape index (κ2) is 5.92. The predicted molar refractivity (Wildman–Crippen MR) is 76.5 cm³/mol. The van der Waals surface area contributed by atoms with Crippen molar-refractivity contribution >= 4 is 43.6 Å². The van der Waals surface area contributed by atoms with Gasteiger partial charge in [0.25, 0.3) is 5.91 Å². The minimum absolute atomic E-state index is 0.0681. The number of aryl methyl sites for hydroxylation is 1. The summed E-state index contributed by atoms with van der Waals surface area (Å²) in [6.07, 6.45) is 1.35. The van der Waals surface area contributed by atoms with E-state index in [1.165, 1.54) is 19.2 Å². The Morgan fingerprint density at radius 3 is 2.65 bits per heavy atom. The number of carbonyl (C=O) groups is 1. The number of anilines is 1. The Balaban J connectivity index is 2.36. The van der Waals surface area contributed by atoms with Gasteiger partial charge in [-0.2, -0.15) is 0 Å². The van der Waals surface area contributed by atoms with Crippen LogP contribution in [-0.4, -0.2) is 15.9 Å². The lowest BCUT2D eigenvalue weighted by Gasteiger charge is -2.09. The number of nitrogens with one attached hydrogen (secondary N) is 1. The first-order chi connectivity index (χ1) is 9.40. The van der Waals surface area contributed by atoms with Crippen molar-refractivity contribution in [2.45, 2.75) is 6.92 Å². The number of carbonyl (C=O) groups excluding carboxylic acids is 1. The fourth-order valence-corrected chi connectivity index (χ4v) is 2.38. The molecule has 0 atom stereocenters. The monoisotopic (exact) mass is 405 g/mol. The molecule has 20 heavy (non-hydrogen) atoms. The summed E-state index contributed by atoms with van der Waals surface area (Å²) in [5.41, 5.74) is -0.473. The molecule has 0 unspecified atom stereocenters. The van der Waals surface area contributed by atoms with Crippen LogP contribution in [0.1, 0.15) is 15.9 Å². The summed E-state index contributed by atoms with van der Waals surface area (Å²) in [5, 5.41) is 2.30. The zero-order chi connectivity index (χ0) is 14.9. The average Bonchev–Trinajstić information content (AvgIpc) is 2.38. The normalized spacial score (nSPS) is 10.4. The highest BCUT2D eigenvalue weighted by Crippen LogP contribution is 2.22. The second-order valence-corrected chi connectivity index (χ2v) is 5.40. The van der Waals surface area contributed by atoms with Crippen molar-refractivity contribution in [3.05, 3.63) is 50.3 Å². The molecule has 0 radical (unpaired) electrons. The average molecular weight is 407 g/mol. The van der Waals surface area contributed by atoms with Gasteiger partial charge >= 0.3 is 0 Å². The quantitative estimate of drug-likeness (QED) is 0.824. The van der Waals surface area contributed by atoms with Gasteiger partial charge in [0.2, 0.25) is 0 Å². The van der Waals surface area contributed by atoms with E-state index in [2.05, 4.69) is 47.1 Å². The maximum atomic E-state index is 13.8. The highest BCUT2D eigenvalue weighted by Gasteiger charge is 2.20. The van der Waals surface area contributed by atoms with Crippen molar-refractivity contribution in [1.29, 1.82) is 0 Å². The van der Waals surface area contributed by atoms with E-state index >= 15 is 0 Å². The molecule has 0 saturated heterocycles. The van der Waals surface area contributed by atoms with Crippen molar-refractivity contribution in [2.75, 3.05) is 5.32 Å². The van der Waals surface area contributed by atoms with Crippen molar-refractivity contribution in [3.8, 4) is 0 Å². The van der Waals surface area contributed by atoms with Gasteiger partial charge in [-0.3, -0.25) is 4.79 Å². The van der Waals surface area contributed by atoms with Crippen LogP contribution < -0.4 is 5.32 Å². The second-order valence-electron chi connectivity index (χ2n) is 3.84. The van der Waals surface area contributed by atoms with Gasteiger partial charge in [-0.15, -0.1) is 0 Å². The van der Waals surface area contributed by atoms with Crippen LogP contribution in [0, 0.1) is 18.6 Å². The van der Waals surface area contributed by atoms with Gasteiger partial charge in [-0.1, -0.05) is 6.07 Å². The summed E-state index contributed by atoms with van der Waals surface area (Å²) in [5.74, 6) is -2.70. The topological polar surface area (TPSA) is 54.9 Å². The molecular formula is C12H7Br2F2N3O. The number of rotatable bonds is 2. The fourth-order valence-electron chi connectivity index (χ4n) is 1.47. The number of hydrogen-bond acceptors (Lipinski definition) is 3. The first-order valence-electron chi connectivity index (χ1n) is 5.34. The van der Waals surface area contributed by atoms with E-state index in [0.29, 0.717) is 4.60 Å². The first-order valence-corrected chi connectivity index (χ1v) is 6.92. The maximum Gasteiger partial charge on any atom is 0.262 e. The lowest BCUT2D eigenvalue weighted by atomic mass is 10.1. The molecule has 0 saturated carbocycles. The Labute approximate surface area is 129 Å². The molecule has 8 heteroatoms. The molecule has 1 amide bonds. The van der Waals surface area contributed by atoms with E-state index in [1.807, 2.05) is 0 Å². The molecule has 1 aromatic carbocycles. The molecule has 0 aliphatic rings. The van der Waals surface area contributed by atoms with E-state index in [9.17, 15) is 13.6 Å². The van der Waals surface area contributed by atoms with Gasteiger partial charge in [-0.05, 0) is 50.4 Å². The maximum absolute atomic E-state index is 13.8. The van der Waals surface area contributed by atoms with E-state index in [1.54, 1.807) is 0 Å². The molecule has 0 fully saturated rings. The zero-order valence-corrected chi connectivity index (χ0v) is 13.2. The highest BCUT2D eigenvalue weighted by atomic mass is 79.9.